The molecule has 33 heavy (non-hydrogen) atoms. The van der Waals surface area contributed by atoms with Crippen molar-refractivity contribution < 1.29 is 23.1 Å². The van der Waals surface area contributed by atoms with E-state index < -0.39 is 33.4 Å². The Labute approximate surface area is 202 Å². The Morgan fingerprint density at radius 1 is 1.06 bits per heavy atom. The molecule has 0 amide bonds. The number of sulfonamides is 1. The van der Waals surface area contributed by atoms with Crippen molar-refractivity contribution in [1.82, 2.24) is 4.72 Å². The van der Waals surface area contributed by atoms with Crippen LogP contribution in [0.3, 0.4) is 0 Å². The Hall–Kier alpha value is -2.58. The van der Waals surface area contributed by atoms with E-state index in [9.17, 15) is 18.3 Å². The number of benzene rings is 3. The first kappa shape index (κ1) is 23.6. The molecular formula is C24H21Cl2NO5S. The third-order valence-corrected chi connectivity index (χ3v) is 8.05. The van der Waals surface area contributed by atoms with Gasteiger partial charge in [-0.3, -0.25) is 4.79 Å². The second-order valence-electron chi connectivity index (χ2n) is 7.95. The maximum atomic E-state index is 13.0. The van der Waals surface area contributed by atoms with Crippen LogP contribution < -0.4 is 9.46 Å². The molecule has 0 saturated heterocycles. The summed E-state index contributed by atoms with van der Waals surface area (Å²) in [5.74, 6) is -1.63. The molecular weight excluding hydrogens is 485 g/mol. The van der Waals surface area contributed by atoms with Crippen molar-refractivity contribution in [1.29, 1.82) is 0 Å². The van der Waals surface area contributed by atoms with Crippen molar-refractivity contribution in [3.8, 4) is 5.75 Å². The largest absolute Gasteiger partial charge is 0.489 e. The lowest BCUT2D eigenvalue weighted by Crippen LogP contribution is -2.45. The van der Waals surface area contributed by atoms with Gasteiger partial charge in [0, 0.05) is 21.5 Å². The number of nitrogens with one attached hydrogen (secondary N) is 1. The highest BCUT2D eigenvalue weighted by molar-refractivity contribution is 7.89. The van der Waals surface area contributed by atoms with Gasteiger partial charge in [-0.2, -0.15) is 4.72 Å². The first-order valence-corrected chi connectivity index (χ1v) is 12.4. The first-order chi connectivity index (χ1) is 15.6. The van der Waals surface area contributed by atoms with E-state index in [1.165, 1.54) is 24.3 Å². The van der Waals surface area contributed by atoms with Crippen molar-refractivity contribution in [3.63, 3.8) is 0 Å². The summed E-state index contributed by atoms with van der Waals surface area (Å²) in [4.78, 5) is 12.1. The van der Waals surface area contributed by atoms with E-state index in [-0.39, 0.29) is 11.5 Å². The fourth-order valence-electron chi connectivity index (χ4n) is 4.10. The van der Waals surface area contributed by atoms with Gasteiger partial charge in [-0.25, -0.2) is 8.42 Å². The third-order valence-electron chi connectivity index (χ3n) is 5.96. The van der Waals surface area contributed by atoms with Crippen molar-refractivity contribution >= 4 is 39.2 Å². The van der Waals surface area contributed by atoms with Crippen LogP contribution in [0.1, 0.15) is 24.0 Å². The highest BCUT2D eigenvalue weighted by Gasteiger charge is 2.70. The monoisotopic (exact) mass is 505 g/mol. The summed E-state index contributed by atoms with van der Waals surface area (Å²) in [5, 5.41) is 10.9. The van der Waals surface area contributed by atoms with Gasteiger partial charge in [-0.15, -0.1) is 0 Å². The molecule has 3 atom stereocenters. The molecule has 1 aliphatic rings. The molecule has 0 radical (unpaired) electrons. The van der Waals surface area contributed by atoms with Crippen LogP contribution in [0.25, 0.3) is 0 Å². The van der Waals surface area contributed by atoms with Crippen LogP contribution in [0.15, 0.2) is 77.7 Å². The number of aliphatic carboxylic acids is 1. The Morgan fingerprint density at radius 2 is 1.73 bits per heavy atom. The first-order valence-electron chi connectivity index (χ1n) is 10.1. The number of carboxylic acids is 1. The number of halogens is 2. The Bertz CT molecular complexity index is 1280. The zero-order valence-electron chi connectivity index (χ0n) is 17.5. The maximum Gasteiger partial charge on any atom is 0.325 e. The van der Waals surface area contributed by atoms with Gasteiger partial charge in [-0.1, -0.05) is 66.5 Å². The van der Waals surface area contributed by atoms with Gasteiger partial charge in [0.15, 0.2) is 0 Å². The van der Waals surface area contributed by atoms with E-state index in [1.54, 1.807) is 49.4 Å². The van der Waals surface area contributed by atoms with Crippen molar-refractivity contribution in [2.75, 3.05) is 0 Å². The molecule has 0 aliphatic heterocycles. The molecule has 2 N–H and O–H groups in total. The third kappa shape index (κ3) is 4.59. The predicted molar refractivity (Wildman–Crippen MR) is 126 cm³/mol. The average Bonchev–Trinajstić information content (AvgIpc) is 3.37. The standard InChI is InChI=1S/C24H21Cl2NO5S/c1-15-22(16-5-3-2-4-6-16)24(15,23(28)29)27-33(30,31)20-11-9-19(10-12-20)32-14-17-7-8-18(25)13-21(17)26/h2-13,15,22,27H,14H2,1H3,(H,28,29)/t15?,22-,24-/m0/s1. The molecule has 1 saturated carbocycles. The van der Waals surface area contributed by atoms with E-state index >= 15 is 0 Å². The van der Waals surface area contributed by atoms with E-state index in [0.717, 1.165) is 11.1 Å². The number of hydrogen-bond donors (Lipinski definition) is 2. The minimum atomic E-state index is -4.09. The summed E-state index contributed by atoms with van der Waals surface area (Å²) in [6, 6.07) is 19.9. The van der Waals surface area contributed by atoms with E-state index in [0.29, 0.717) is 15.8 Å². The van der Waals surface area contributed by atoms with Crippen molar-refractivity contribution in [3.05, 3.63) is 94.0 Å². The molecule has 0 aromatic heterocycles. The second kappa shape index (κ2) is 8.99. The van der Waals surface area contributed by atoms with Gasteiger partial charge in [0.1, 0.15) is 17.9 Å². The summed E-state index contributed by atoms with van der Waals surface area (Å²) in [6.45, 7) is 1.91. The fourth-order valence-corrected chi connectivity index (χ4v) is 6.02. The minimum absolute atomic E-state index is 0.0501. The quantitative estimate of drug-likeness (QED) is 0.443. The summed E-state index contributed by atoms with van der Waals surface area (Å²) in [7, 11) is -4.09. The van der Waals surface area contributed by atoms with Crippen LogP contribution in [0.5, 0.6) is 5.75 Å². The van der Waals surface area contributed by atoms with Gasteiger partial charge >= 0.3 is 5.97 Å². The number of ether oxygens (including phenoxy) is 1. The summed E-state index contributed by atoms with van der Waals surface area (Å²) in [5.41, 5.74) is -0.0852. The lowest BCUT2D eigenvalue weighted by atomic mass is 10.1. The zero-order valence-corrected chi connectivity index (χ0v) is 19.9. The van der Waals surface area contributed by atoms with Crippen molar-refractivity contribution in [2.24, 2.45) is 5.92 Å². The lowest BCUT2D eigenvalue weighted by Gasteiger charge is -2.16. The van der Waals surface area contributed by atoms with Crippen LogP contribution >= 0.6 is 23.2 Å². The highest BCUT2D eigenvalue weighted by atomic mass is 35.5. The van der Waals surface area contributed by atoms with Crippen molar-refractivity contribution in [2.45, 2.75) is 29.9 Å². The Morgan fingerprint density at radius 3 is 2.33 bits per heavy atom. The molecule has 3 aromatic rings. The van der Waals surface area contributed by atoms with Gasteiger partial charge in [-0.05, 0) is 47.9 Å². The molecule has 1 fully saturated rings. The molecule has 3 aromatic carbocycles. The van der Waals surface area contributed by atoms with Crippen LogP contribution in [0.4, 0.5) is 0 Å². The molecule has 172 valence electrons. The molecule has 0 spiro atoms. The molecule has 0 heterocycles. The van der Waals surface area contributed by atoms with Crippen LogP contribution in [-0.4, -0.2) is 25.0 Å². The Kier molecular flexibility index (Phi) is 6.42. The van der Waals surface area contributed by atoms with Gasteiger partial charge in [0.2, 0.25) is 10.0 Å². The SMILES string of the molecule is CC1[C@@H](c2ccccc2)[C@]1(NS(=O)(=O)c1ccc(OCc2ccc(Cl)cc2Cl)cc1)C(=O)O. The van der Waals surface area contributed by atoms with Gasteiger partial charge in [0.25, 0.3) is 0 Å². The molecule has 6 nitrogen and oxygen atoms in total. The molecule has 0 bridgehead atoms. The van der Waals surface area contributed by atoms with Crippen LogP contribution in [-0.2, 0) is 21.4 Å². The number of carbonyl (C=O) groups is 1. The lowest BCUT2D eigenvalue weighted by molar-refractivity contribution is -0.140. The van der Waals surface area contributed by atoms with Crippen LogP contribution in [0, 0.1) is 5.92 Å². The van der Waals surface area contributed by atoms with Gasteiger partial charge < -0.3 is 9.84 Å². The second-order valence-corrected chi connectivity index (χ2v) is 10.5. The normalized spacial score (nSPS) is 22.0. The summed E-state index contributed by atoms with van der Waals surface area (Å²) in [6.07, 6.45) is 0. The fraction of sp³-hybridized carbons (Fsp3) is 0.208. The smallest absolute Gasteiger partial charge is 0.325 e. The average molecular weight is 506 g/mol. The molecule has 1 unspecified atom stereocenters. The molecule has 4 rings (SSSR count). The summed E-state index contributed by atoms with van der Waals surface area (Å²) < 4.78 is 34.2. The predicted octanol–water partition coefficient (Wildman–Crippen LogP) is 5.11. The molecule has 1 aliphatic carbocycles. The van der Waals surface area contributed by atoms with E-state index in [1.807, 2.05) is 6.07 Å². The molecule has 9 heteroatoms. The van der Waals surface area contributed by atoms with Gasteiger partial charge in [0.05, 0.1) is 4.90 Å². The van der Waals surface area contributed by atoms with E-state index in [4.69, 9.17) is 27.9 Å². The number of rotatable bonds is 8. The number of hydrogen-bond acceptors (Lipinski definition) is 4. The van der Waals surface area contributed by atoms with E-state index in [2.05, 4.69) is 4.72 Å². The number of carboxylic acid groups (broad SMARTS) is 1. The Balaban J connectivity index is 1.49. The zero-order chi connectivity index (χ0) is 23.8. The van der Waals surface area contributed by atoms with Crippen LogP contribution in [0.2, 0.25) is 10.0 Å². The highest BCUT2D eigenvalue weighted by Crippen LogP contribution is 2.58. The summed E-state index contributed by atoms with van der Waals surface area (Å²) >= 11 is 12.0. The topological polar surface area (TPSA) is 92.7 Å². The maximum absolute atomic E-state index is 13.0. The minimum Gasteiger partial charge on any atom is -0.489 e.